The van der Waals surface area contributed by atoms with Crippen LogP contribution in [0.4, 0.5) is 4.79 Å². The minimum absolute atomic E-state index is 0.356. The third-order valence-electron chi connectivity index (χ3n) is 4.74. The summed E-state index contributed by atoms with van der Waals surface area (Å²) in [7, 11) is 0. The van der Waals surface area contributed by atoms with Crippen LogP contribution >= 0.6 is 11.8 Å². The molecule has 1 aromatic heterocycles. The van der Waals surface area contributed by atoms with Gasteiger partial charge in [0.25, 0.3) is 0 Å². The van der Waals surface area contributed by atoms with E-state index < -0.39 is 11.3 Å². The van der Waals surface area contributed by atoms with Crippen LogP contribution in [-0.4, -0.2) is 32.0 Å². The second-order valence-electron chi connectivity index (χ2n) is 7.19. The molecule has 8 heteroatoms. The first-order chi connectivity index (χ1) is 14.6. The number of hydrogen-bond acceptors (Lipinski definition) is 5. The second kappa shape index (κ2) is 9.13. The largest absolute Gasteiger partial charge is 0.334 e. The lowest BCUT2D eigenvalue weighted by atomic mass is 10.2. The van der Waals surface area contributed by atoms with Gasteiger partial charge in [-0.05, 0) is 37.5 Å². The quantitative estimate of drug-likeness (QED) is 0.569. The number of aromatic nitrogens is 3. The molecule has 3 aromatic rings. The molecule has 4 rings (SSSR count). The minimum atomic E-state index is -0.516. The lowest BCUT2D eigenvalue weighted by molar-refractivity contribution is -0.119. The molecule has 30 heavy (non-hydrogen) atoms. The van der Waals surface area contributed by atoms with Crippen molar-refractivity contribution in [2.24, 2.45) is 0 Å². The van der Waals surface area contributed by atoms with Crippen molar-refractivity contribution in [2.75, 3.05) is 0 Å². The molecular weight excluding hydrogens is 398 g/mol. The zero-order valence-electron chi connectivity index (χ0n) is 16.6. The van der Waals surface area contributed by atoms with Gasteiger partial charge in [0.05, 0.1) is 10.9 Å². The van der Waals surface area contributed by atoms with Gasteiger partial charge in [-0.1, -0.05) is 60.3 Å². The van der Waals surface area contributed by atoms with Crippen molar-refractivity contribution < 1.29 is 9.59 Å². The summed E-state index contributed by atoms with van der Waals surface area (Å²) >= 11 is 1.25. The van der Waals surface area contributed by atoms with E-state index in [0.29, 0.717) is 17.6 Å². The highest BCUT2D eigenvalue weighted by atomic mass is 32.2. The van der Waals surface area contributed by atoms with Gasteiger partial charge in [-0.25, -0.2) is 14.5 Å². The maximum Gasteiger partial charge on any atom is 0.321 e. The Hall–Kier alpha value is -3.13. The van der Waals surface area contributed by atoms with Crippen molar-refractivity contribution in [1.82, 2.24) is 25.4 Å². The number of rotatable bonds is 7. The highest BCUT2D eigenvalue weighted by Gasteiger charge is 2.31. The molecule has 0 saturated heterocycles. The van der Waals surface area contributed by atoms with Gasteiger partial charge in [0, 0.05) is 12.5 Å². The van der Waals surface area contributed by atoms with Crippen molar-refractivity contribution in [3.05, 3.63) is 72.1 Å². The number of carbonyl (C=O) groups is 2. The Balaban J connectivity index is 1.35. The molecule has 1 atom stereocenters. The molecular formula is C22H23N5O2S. The first kappa shape index (κ1) is 20.2. The first-order valence-corrected chi connectivity index (χ1v) is 10.8. The number of benzene rings is 2. The Bertz CT molecular complexity index is 1020. The zero-order chi connectivity index (χ0) is 20.9. The monoisotopic (exact) mass is 421 g/mol. The summed E-state index contributed by atoms with van der Waals surface area (Å²) in [5, 5.41) is 9.71. The maximum absolute atomic E-state index is 12.4. The van der Waals surface area contributed by atoms with E-state index in [0.717, 1.165) is 29.9 Å². The molecule has 1 fully saturated rings. The van der Waals surface area contributed by atoms with E-state index in [-0.39, 0.29) is 5.91 Å². The molecule has 1 aliphatic rings. The normalized spacial score (nSPS) is 14.2. The Morgan fingerprint density at radius 1 is 1.10 bits per heavy atom. The fourth-order valence-electron chi connectivity index (χ4n) is 2.97. The maximum atomic E-state index is 12.4. The fourth-order valence-corrected chi connectivity index (χ4v) is 3.72. The van der Waals surface area contributed by atoms with Crippen molar-refractivity contribution >= 4 is 23.7 Å². The highest BCUT2D eigenvalue weighted by Crippen LogP contribution is 2.40. The van der Waals surface area contributed by atoms with Crippen LogP contribution in [0.25, 0.3) is 5.69 Å². The summed E-state index contributed by atoms with van der Waals surface area (Å²) in [6.07, 6.45) is 2.21. The average molecular weight is 422 g/mol. The van der Waals surface area contributed by atoms with Crippen LogP contribution in [0.2, 0.25) is 0 Å². The smallest absolute Gasteiger partial charge is 0.321 e. The van der Waals surface area contributed by atoms with Crippen LogP contribution in [0.1, 0.15) is 37.1 Å². The van der Waals surface area contributed by atoms with Gasteiger partial charge in [0.1, 0.15) is 5.82 Å². The van der Waals surface area contributed by atoms with Crippen molar-refractivity contribution in [2.45, 2.75) is 42.6 Å². The van der Waals surface area contributed by atoms with Gasteiger partial charge in [-0.15, -0.1) is 5.10 Å². The number of hydrogen-bond donors (Lipinski definition) is 2. The van der Waals surface area contributed by atoms with E-state index in [1.807, 2.05) is 65.3 Å². The number of amides is 3. The predicted octanol–water partition coefficient (Wildman–Crippen LogP) is 3.65. The van der Waals surface area contributed by atoms with Gasteiger partial charge in [0.15, 0.2) is 0 Å². The van der Waals surface area contributed by atoms with Crippen LogP contribution in [0.5, 0.6) is 0 Å². The summed E-state index contributed by atoms with van der Waals surface area (Å²) in [4.78, 5) is 29.1. The van der Waals surface area contributed by atoms with Crippen LogP contribution < -0.4 is 10.6 Å². The summed E-state index contributed by atoms with van der Waals surface area (Å²) in [5.41, 5.74) is 1.92. The molecule has 0 unspecified atom stereocenters. The van der Waals surface area contributed by atoms with Gasteiger partial charge >= 0.3 is 6.03 Å². The topological polar surface area (TPSA) is 88.9 Å². The highest BCUT2D eigenvalue weighted by molar-refractivity contribution is 8.00. The van der Waals surface area contributed by atoms with E-state index >= 15 is 0 Å². The van der Waals surface area contributed by atoms with Gasteiger partial charge < -0.3 is 5.32 Å². The van der Waals surface area contributed by atoms with Crippen LogP contribution in [0.3, 0.4) is 0 Å². The molecule has 3 amide bonds. The second-order valence-corrected chi connectivity index (χ2v) is 8.50. The first-order valence-electron chi connectivity index (χ1n) is 9.92. The Morgan fingerprint density at radius 3 is 2.43 bits per heavy atom. The van der Waals surface area contributed by atoms with Gasteiger partial charge in [-0.2, -0.15) is 0 Å². The number of carbonyl (C=O) groups excluding carboxylic acids is 2. The third-order valence-corrected chi connectivity index (χ3v) is 5.69. The molecule has 2 aromatic carbocycles. The molecule has 0 radical (unpaired) electrons. The summed E-state index contributed by atoms with van der Waals surface area (Å²) in [5.74, 6) is 0.964. The lowest BCUT2D eigenvalue weighted by Crippen LogP contribution is -2.42. The van der Waals surface area contributed by atoms with Gasteiger partial charge in [-0.3, -0.25) is 10.1 Å². The van der Waals surface area contributed by atoms with Gasteiger partial charge in [0.2, 0.25) is 11.1 Å². The minimum Gasteiger partial charge on any atom is -0.334 e. The van der Waals surface area contributed by atoms with Crippen LogP contribution in [0.15, 0.2) is 65.8 Å². The SMILES string of the molecule is C[C@H](Sc1nc(C2CC2)n(-c2ccccc2)n1)C(=O)NC(=O)NCc1ccccc1. The standard InChI is InChI=1S/C22H23N5O2S/c1-15(20(28)25-21(29)23-14-16-8-4-2-5-9-16)30-22-24-19(17-12-13-17)27(26-22)18-10-6-3-7-11-18/h2-11,15,17H,12-14H2,1H3,(H2,23,25,28,29)/t15-/m0/s1. The van der Waals surface area contributed by atoms with Crippen molar-refractivity contribution in [3.8, 4) is 5.69 Å². The predicted molar refractivity (Wildman–Crippen MR) is 115 cm³/mol. The number of urea groups is 1. The van der Waals surface area contributed by atoms with Crippen molar-refractivity contribution in [1.29, 1.82) is 0 Å². The van der Waals surface area contributed by atoms with Crippen molar-refractivity contribution in [3.63, 3.8) is 0 Å². The number of nitrogens with zero attached hydrogens (tertiary/aromatic N) is 3. The van der Waals surface area contributed by atoms with Crippen LogP contribution in [-0.2, 0) is 11.3 Å². The Labute approximate surface area is 179 Å². The van der Waals surface area contributed by atoms with E-state index in [1.54, 1.807) is 6.92 Å². The zero-order valence-corrected chi connectivity index (χ0v) is 17.4. The summed E-state index contributed by atoms with van der Waals surface area (Å²) < 4.78 is 1.86. The molecule has 1 heterocycles. The molecule has 0 spiro atoms. The number of thioether (sulfide) groups is 1. The third kappa shape index (κ3) is 5.07. The molecule has 154 valence electrons. The average Bonchev–Trinajstić information content (AvgIpc) is 3.53. The Kier molecular flexibility index (Phi) is 6.13. The number of imide groups is 1. The lowest BCUT2D eigenvalue weighted by Gasteiger charge is -2.10. The molecule has 0 bridgehead atoms. The molecule has 2 N–H and O–H groups in total. The molecule has 7 nitrogen and oxygen atoms in total. The van der Waals surface area contributed by atoms with E-state index in [2.05, 4.69) is 20.7 Å². The van der Waals surface area contributed by atoms with E-state index in [1.165, 1.54) is 11.8 Å². The number of nitrogens with one attached hydrogen (secondary N) is 2. The number of para-hydroxylation sites is 1. The Morgan fingerprint density at radius 2 is 1.77 bits per heavy atom. The molecule has 1 saturated carbocycles. The fraction of sp³-hybridized carbons (Fsp3) is 0.273. The van der Waals surface area contributed by atoms with E-state index in [4.69, 9.17) is 0 Å². The molecule has 1 aliphatic carbocycles. The molecule has 0 aliphatic heterocycles. The van der Waals surface area contributed by atoms with Crippen LogP contribution in [0, 0.1) is 0 Å². The van der Waals surface area contributed by atoms with E-state index in [9.17, 15) is 9.59 Å². The summed E-state index contributed by atoms with van der Waals surface area (Å²) in [6, 6.07) is 18.9. The summed E-state index contributed by atoms with van der Waals surface area (Å²) in [6.45, 7) is 2.10.